The van der Waals surface area contributed by atoms with Crippen LogP contribution in [-0.2, 0) is 23.3 Å². The number of ether oxygens (including phenoxy) is 1. The SMILES string of the molecule is O=C(COC(=O)c1ccccc1SCc1cscn1)c1ccc2c(c1)CCCC2. The minimum atomic E-state index is -0.474. The molecule has 4 nitrogen and oxygen atoms in total. The van der Waals surface area contributed by atoms with Gasteiger partial charge in [0.1, 0.15) is 0 Å². The summed E-state index contributed by atoms with van der Waals surface area (Å²) in [4.78, 5) is 30.2. The van der Waals surface area contributed by atoms with Crippen LogP contribution < -0.4 is 0 Å². The number of carbonyl (C=O) groups excluding carboxylic acids is 2. The number of thiazole rings is 1. The van der Waals surface area contributed by atoms with Crippen molar-refractivity contribution in [1.82, 2.24) is 4.98 Å². The lowest BCUT2D eigenvalue weighted by Crippen LogP contribution is -2.15. The predicted molar refractivity (Wildman–Crippen MR) is 116 cm³/mol. The van der Waals surface area contributed by atoms with Gasteiger partial charge in [0.05, 0.1) is 16.8 Å². The Morgan fingerprint density at radius 1 is 1.07 bits per heavy atom. The van der Waals surface area contributed by atoms with Gasteiger partial charge in [0.25, 0.3) is 0 Å². The molecule has 0 aliphatic heterocycles. The minimum Gasteiger partial charge on any atom is -0.454 e. The highest BCUT2D eigenvalue weighted by Crippen LogP contribution is 2.27. The quantitative estimate of drug-likeness (QED) is 0.291. The zero-order chi connectivity index (χ0) is 20.1. The first kappa shape index (κ1) is 19.9. The van der Waals surface area contributed by atoms with Crippen molar-refractivity contribution < 1.29 is 14.3 Å². The third-order valence-corrected chi connectivity index (χ3v) is 6.71. The largest absolute Gasteiger partial charge is 0.454 e. The number of carbonyl (C=O) groups is 2. The van der Waals surface area contributed by atoms with Crippen LogP contribution in [0.15, 0.2) is 58.3 Å². The molecule has 3 aromatic rings. The van der Waals surface area contributed by atoms with Gasteiger partial charge in [-0.2, -0.15) is 0 Å². The van der Waals surface area contributed by atoms with Gasteiger partial charge in [0.2, 0.25) is 0 Å². The van der Waals surface area contributed by atoms with Gasteiger partial charge >= 0.3 is 5.97 Å². The zero-order valence-corrected chi connectivity index (χ0v) is 17.6. The van der Waals surface area contributed by atoms with Gasteiger partial charge in [0, 0.05) is 21.6 Å². The van der Waals surface area contributed by atoms with Crippen LogP contribution in [0.2, 0.25) is 0 Å². The second-order valence-electron chi connectivity index (χ2n) is 6.95. The highest BCUT2D eigenvalue weighted by Gasteiger charge is 2.17. The topological polar surface area (TPSA) is 56.3 Å². The van der Waals surface area contributed by atoms with Crippen LogP contribution in [0.3, 0.4) is 0 Å². The van der Waals surface area contributed by atoms with Crippen LogP contribution in [0.25, 0.3) is 0 Å². The monoisotopic (exact) mass is 423 g/mol. The van der Waals surface area contributed by atoms with Gasteiger partial charge in [-0.3, -0.25) is 4.79 Å². The van der Waals surface area contributed by atoms with Crippen molar-refractivity contribution in [2.24, 2.45) is 0 Å². The maximum Gasteiger partial charge on any atom is 0.339 e. The van der Waals surface area contributed by atoms with Crippen molar-refractivity contribution in [1.29, 1.82) is 0 Å². The van der Waals surface area contributed by atoms with E-state index in [-0.39, 0.29) is 12.4 Å². The molecular formula is C23H21NO3S2. The van der Waals surface area contributed by atoms with E-state index in [2.05, 4.69) is 4.98 Å². The molecule has 1 aliphatic carbocycles. The smallest absolute Gasteiger partial charge is 0.339 e. The van der Waals surface area contributed by atoms with E-state index in [1.54, 1.807) is 29.0 Å². The van der Waals surface area contributed by atoms with Crippen LogP contribution in [0, 0.1) is 0 Å². The number of ketones is 1. The molecule has 148 valence electrons. The van der Waals surface area contributed by atoms with Gasteiger partial charge in [-0.15, -0.1) is 23.1 Å². The number of aryl methyl sites for hydroxylation is 2. The first-order valence-corrected chi connectivity index (χ1v) is 11.5. The summed E-state index contributed by atoms with van der Waals surface area (Å²) in [5, 5.41) is 1.99. The van der Waals surface area contributed by atoms with Crippen LogP contribution in [0.4, 0.5) is 0 Å². The summed E-state index contributed by atoms with van der Waals surface area (Å²) in [6.07, 6.45) is 4.46. The first-order chi connectivity index (χ1) is 14.2. The van der Waals surface area contributed by atoms with E-state index in [4.69, 9.17) is 4.74 Å². The molecule has 6 heteroatoms. The summed E-state index contributed by atoms with van der Waals surface area (Å²) < 4.78 is 5.35. The third-order valence-electron chi connectivity index (χ3n) is 4.97. The van der Waals surface area contributed by atoms with Gasteiger partial charge in [-0.25, -0.2) is 9.78 Å². The summed E-state index contributed by atoms with van der Waals surface area (Å²) in [6.45, 7) is -0.247. The Labute approximate surface area is 178 Å². The molecule has 0 amide bonds. The number of hydrogen-bond donors (Lipinski definition) is 0. The summed E-state index contributed by atoms with van der Waals surface area (Å²) in [5.74, 6) is 0.0407. The number of rotatable bonds is 7. The van der Waals surface area contributed by atoms with Crippen molar-refractivity contribution in [2.75, 3.05) is 6.61 Å². The van der Waals surface area contributed by atoms with E-state index in [0.29, 0.717) is 16.9 Å². The molecule has 0 spiro atoms. The van der Waals surface area contributed by atoms with Crippen molar-refractivity contribution in [2.45, 2.75) is 36.3 Å². The van der Waals surface area contributed by atoms with E-state index in [9.17, 15) is 9.59 Å². The normalized spacial score (nSPS) is 13.0. The van der Waals surface area contributed by atoms with E-state index in [1.165, 1.54) is 29.3 Å². The predicted octanol–water partition coefficient (Wildman–Crippen LogP) is 5.35. The fourth-order valence-electron chi connectivity index (χ4n) is 3.42. The molecule has 0 unspecified atom stereocenters. The molecule has 4 rings (SSSR count). The second-order valence-corrected chi connectivity index (χ2v) is 8.69. The molecular weight excluding hydrogens is 402 g/mol. The van der Waals surface area contributed by atoms with Gasteiger partial charge in [-0.05, 0) is 55.0 Å². The highest BCUT2D eigenvalue weighted by atomic mass is 32.2. The lowest BCUT2D eigenvalue weighted by Gasteiger charge is -2.16. The summed E-state index contributed by atoms with van der Waals surface area (Å²) in [7, 11) is 0. The van der Waals surface area contributed by atoms with Gasteiger partial charge in [-0.1, -0.05) is 24.3 Å². The molecule has 0 fully saturated rings. The van der Waals surface area contributed by atoms with Crippen molar-refractivity contribution in [3.63, 3.8) is 0 Å². The molecule has 2 aromatic carbocycles. The standard InChI is InChI=1S/C23H21NO3S2/c25-21(18-10-9-16-5-1-2-6-17(16)11-18)12-27-23(26)20-7-3-4-8-22(20)29-14-19-13-28-15-24-19/h3-4,7-11,13,15H,1-2,5-6,12,14H2. The molecule has 0 atom stereocenters. The number of nitrogens with zero attached hydrogens (tertiary/aromatic N) is 1. The molecule has 29 heavy (non-hydrogen) atoms. The molecule has 0 bridgehead atoms. The third kappa shape index (κ3) is 4.95. The molecule has 1 heterocycles. The number of Topliss-reactive ketones (excluding diaryl/α,β-unsaturated/α-hetero) is 1. The molecule has 0 saturated heterocycles. The molecule has 0 saturated carbocycles. The number of esters is 1. The van der Waals surface area contributed by atoms with Crippen molar-refractivity contribution in [3.8, 4) is 0 Å². The Bertz CT molecular complexity index is 1010. The van der Waals surface area contributed by atoms with E-state index >= 15 is 0 Å². The fraction of sp³-hybridized carbons (Fsp3) is 0.261. The summed E-state index contributed by atoms with van der Waals surface area (Å²) in [6, 6.07) is 13.1. The van der Waals surface area contributed by atoms with Crippen LogP contribution in [-0.4, -0.2) is 23.3 Å². The minimum absolute atomic E-state index is 0.167. The zero-order valence-electron chi connectivity index (χ0n) is 15.9. The average Bonchev–Trinajstić information content (AvgIpc) is 3.29. The van der Waals surface area contributed by atoms with E-state index in [0.717, 1.165) is 29.9 Å². The Balaban J connectivity index is 1.39. The number of fused-ring (bicyclic) bond motifs is 1. The fourth-order valence-corrected chi connectivity index (χ4v) is 5.03. The average molecular weight is 424 g/mol. The van der Waals surface area contributed by atoms with Crippen molar-refractivity contribution >= 4 is 34.9 Å². The molecule has 1 aliphatic rings. The highest BCUT2D eigenvalue weighted by molar-refractivity contribution is 7.98. The number of thioether (sulfide) groups is 1. The maximum atomic E-state index is 12.6. The molecule has 0 N–H and O–H groups in total. The summed E-state index contributed by atoms with van der Waals surface area (Å²) >= 11 is 3.09. The second kappa shape index (κ2) is 9.37. The first-order valence-electron chi connectivity index (χ1n) is 9.62. The molecule has 0 radical (unpaired) electrons. The van der Waals surface area contributed by atoms with E-state index < -0.39 is 5.97 Å². The lowest BCUT2D eigenvalue weighted by atomic mass is 9.90. The lowest BCUT2D eigenvalue weighted by molar-refractivity contribution is 0.0471. The summed E-state index contributed by atoms with van der Waals surface area (Å²) in [5.41, 5.74) is 6.44. The Morgan fingerprint density at radius 2 is 1.90 bits per heavy atom. The Hall–Kier alpha value is -2.44. The number of aromatic nitrogens is 1. The Morgan fingerprint density at radius 3 is 2.72 bits per heavy atom. The maximum absolute atomic E-state index is 12.6. The number of benzene rings is 2. The van der Waals surface area contributed by atoms with Crippen LogP contribution in [0.1, 0.15) is 50.4 Å². The van der Waals surface area contributed by atoms with Gasteiger partial charge < -0.3 is 4.74 Å². The van der Waals surface area contributed by atoms with Gasteiger partial charge in [0.15, 0.2) is 12.4 Å². The van der Waals surface area contributed by atoms with Crippen LogP contribution in [0.5, 0.6) is 0 Å². The van der Waals surface area contributed by atoms with E-state index in [1.807, 2.05) is 35.7 Å². The number of hydrogen-bond acceptors (Lipinski definition) is 6. The van der Waals surface area contributed by atoms with Crippen molar-refractivity contribution in [3.05, 3.63) is 81.3 Å². The van der Waals surface area contributed by atoms with Crippen LogP contribution >= 0.6 is 23.1 Å². The Kier molecular flexibility index (Phi) is 6.42. The molecule has 1 aromatic heterocycles.